The third kappa shape index (κ3) is 2.71. The summed E-state index contributed by atoms with van der Waals surface area (Å²) in [7, 11) is 0. The number of aromatic nitrogens is 4. The highest BCUT2D eigenvalue weighted by molar-refractivity contribution is 7.03. The standard InChI is InChI=1S/C11H16ClN5S/c1-3-5-13-10(9-7-18-16-15-9)11-8(12)6-14-17(11)4-2/h6-7,10,13H,3-5H2,1-2H3. The Kier molecular flexibility index (Phi) is 4.68. The minimum atomic E-state index is -0.0429. The lowest BCUT2D eigenvalue weighted by Crippen LogP contribution is -2.26. The van der Waals surface area contributed by atoms with Crippen molar-refractivity contribution < 1.29 is 0 Å². The lowest BCUT2D eigenvalue weighted by molar-refractivity contribution is 0.521. The molecule has 0 spiro atoms. The first kappa shape index (κ1) is 13.5. The number of hydrogen-bond donors (Lipinski definition) is 1. The van der Waals surface area contributed by atoms with E-state index in [4.69, 9.17) is 11.6 Å². The van der Waals surface area contributed by atoms with Crippen LogP contribution in [-0.4, -0.2) is 25.9 Å². The van der Waals surface area contributed by atoms with Gasteiger partial charge >= 0.3 is 0 Å². The van der Waals surface area contributed by atoms with Crippen LogP contribution < -0.4 is 5.32 Å². The van der Waals surface area contributed by atoms with Crippen molar-refractivity contribution >= 4 is 23.1 Å². The average molecular weight is 286 g/mol. The van der Waals surface area contributed by atoms with Crippen molar-refractivity contribution in [1.29, 1.82) is 0 Å². The Bertz CT molecular complexity index is 482. The van der Waals surface area contributed by atoms with Gasteiger partial charge in [-0.15, -0.1) is 5.10 Å². The van der Waals surface area contributed by atoms with Gasteiger partial charge in [-0.1, -0.05) is 23.0 Å². The van der Waals surface area contributed by atoms with Crippen LogP contribution in [0.1, 0.15) is 37.7 Å². The van der Waals surface area contributed by atoms with E-state index >= 15 is 0 Å². The third-order valence-corrected chi connectivity index (χ3v) is 3.49. The molecule has 2 heterocycles. The van der Waals surface area contributed by atoms with Gasteiger partial charge in [0.25, 0.3) is 0 Å². The van der Waals surface area contributed by atoms with Gasteiger partial charge in [-0.3, -0.25) is 4.68 Å². The number of nitrogens with zero attached hydrogens (tertiary/aromatic N) is 4. The molecule has 5 nitrogen and oxygen atoms in total. The summed E-state index contributed by atoms with van der Waals surface area (Å²) < 4.78 is 5.82. The summed E-state index contributed by atoms with van der Waals surface area (Å²) >= 11 is 7.59. The molecule has 1 unspecified atom stereocenters. The maximum absolute atomic E-state index is 6.25. The Morgan fingerprint density at radius 2 is 2.33 bits per heavy atom. The number of rotatable bonds is 6. The topological polar surface area (TPSA) is 55.6 Å². The Hall–Kier alpha value is -0.980. The molecule has 0 radical (unpaired) electrons. The van der Waals surface area contributed by atoms with E-state index in [1.165, 1.54) is 11.5 Å². The summed E-state index contributed by atoms with van der Waals surface area (Å²) in [6.07, 6.45) is 2.73. The Morgan fingerprint density at radius 1 is 1.50 bits per heavy atom. The average Bonchev–Trinajstić information content (AvgIpc) is 3.01. The molecule has 98 valence electrons. The number of nitrogens with one attached hydrogen (secondary N) is 1. The van der Waals surface area contributed by atoms with Crippen LogP contribution in [0.25, 0.3) is 0 Å². The molecule has 1 N–H and O–H groups in total. The van der Waals surface area contributed by atoms with Crippen LogP contribution in [0.2, 0.25) is 5.02 Å². The minimum Gasteiger partial charge on any atom is -0.304 e. The lowest BCUT2D eigenvalue weighted by atomic mass is 10.1. The molecule has 7 heteroatoms. The fraction of sp³-hybridized carbons (Fsp3) is 0.545. The van der Waals surface area contributed by atoms with Crippen molar-refractivity contribution in [3.05, 3.63) is 28.0 Å². The maximum Gasteiger partial charge on any atom is 0.0986 e. The second-order valence-corrected chi connectivity index (χ2v) is 4.93. The number of halogens is 1. The zero-order valence-corrected chi connectivity index (χ0v) is 12.0. The van der Waals surface area contributed by atoms with E-state index in [-0.39, 0.29) is 6.04 Å². The van der Waals surface area contributed by atoms with Crippen molar-refractivity contribution in [3.63, 3.8) is 0 Å². The monoisotopic (exact) mass is 285 g/mol. The van der Waals surface area contributed by atoms with Crippen LogP contribution in [0.4, 0.5) is 0 Å². The first-order valence-electron chi connectivity index (χ1n) is 5.99. The summed E-state index contributed by atoms with van der Waals surface area (Å²) in [6, 6.07) is -0.0429. The first-order chi connectivity index (χ1) is 8.77. The highest BCUT2D eigenvalue weighted by atomic mass is 35.5. The summed E-state index contributed by atoms with van der Waals surface area (Å²) in [5.41, 5.74) is 1.85. The van der Waals surface area contributed by atoms with Gasteiger partial charge in [0.2, 0.25) is 0 Å². The molecule has 0 saturated carbocycles. The van der Waals surface area contributed by atoms with Crippen LogP contribution in [0, 0.1) is 0 Å². The third-order valence-electron chi connectivity index (χ3n) is 2.68. The van der Waals surface area contributed by atoms with E-state index in [9.17, 15) is 0 Å². The van der Waals surface area contributed by atoms with Crippen LogP contribution >= 0.6 is 23.1 Å². The van der Waals surface area contributed by atoms with Crippen molar-refractivity contribution in [1.82, 2.24) is 24.7 Å². The van der Waals surface area contributed by atoms with E-state index in [0.29, 0.717) is 5.02 Å². The van der Waals surface area contributed by atoms with E-state index < -0.39 is 0 Å². The van der Waals surface area contributed by atoms with Crippen LogP contribution in [0.15, 0.2) is 11.6 Å². The quantitative estimate of drug-likeness (QED) is 0.886. The van der Waals surface area contributed by atoms with Gasteiger partial charge in [-0.25, -0.2) is 0 Å². The van der Waals surface area contributed by atoms with Crippen LogP contribution in [0.3, 0.4) is 0 Å². The molecule has 0 amide bonds. The van der Waals surface area contributed by atoms with Gasteiger partial charge in [0.05, 0.1) is 28.6 Å². The summed E-state index contributed by atoms with van der Waals surface area (Å²) in [6.45, 7) is 5.85. The normalized spacial score (nSPS) is 12.8. The molecule has 0 aliphatic heterocycles. The van der Waals surface area contributed by atoms with Crippen LogP contribution in [0.5, 0.6) is 0 Å². The fourth-order valence-electron chi connectivity index (χ4n) is 1.84. The first-order valence-corrected chi connectivity index (χ1v) is 7.20. The highest BCUT2D eigenvalue weighted by Gasteiger charge is 2.23. The van der Waals surface area contributed by atoms with Gasteiger partial charge in [0, 0.05) is 11.9 Å². The van der Waals surface area contributed by atoms with E-state index in [2.05, 4.69) is 26.9 Å². The molecule has 0 bridgehead atoms. The molecule has 0 aromatic carbocycles. The van der Waals surface area contributed by atoms with E-state index in [1.54, 1.807) is 6.20 Å². The molecule has 18 heavy (non-hydrogen) atoms. The molecular weight excluding hydrogens is 270 g/mol. The Labute approximate surface area is 115 Å². The zero-order valence-electron chi connectivity index (χ0n) is 10.4. The molecule has 2 rings (SSSR count). The van der Waals surface area contributed by atoms with Crippen molar-refractivity contribution in [2.24, 2.45) is 0 Å². The molecule has 1 atom stereocenters. The molecule has 2 aromatic heterocycles. The van der Waals surface area contributed by atoms with Crippen LogP contribution in [-0.2, 0) is 6.54 Å². The SMILES string of the molecule is CCCNC(c1csnn1)c1c(Cl)cnn1CC. The predicted octanol–water partition coefficient (Wildman–Crippen LogP) is 2.50. The van der Waals surface area contributed by atoms with Crippen molar-refractivity contribution in [2.75, 3.05) is 6.54 Å². The van der Waals surface area contributed by atoms with E-state index in [1.807, 2.05) is 17.0 Å². The number of aryl methyl sites for hydroxylation is 1. The molecule has 0 aliphatic rings. The zero-order chi connectivity index (χ0) is 13.0. The smallest absolute Gasteiger partial charge is 0.0986 e. The van der Waals surface area contributed by atoms with Crippen molar-refractivity contribution in [3.8, 4) is 0 Å². The molecule has 0 fully saturated rings. The van der Waals surface area contributed by atoms with Gasteiger partial charge in [0.15, 0.2) is 0 Å². The fourth-order valence-corrected chi connectivity index (χ4v) is 2.57. The minimum absolute atomic E-state index is 0.0429. The second kappa shape index (κ2) is 6.26. The van der Waals surface area contributed by atoms with Gasteiger partial charge in [-0.05, 0) is 31.4 Å². The molecule has 2 aromatic rings. The summed E-state index contributed by atoms with van der Waals surface area (Å²) in [5, 5.41) is 14.5. The summed E-state index contributed by atoms with van der Waals surface area (Å²) in [5.74, 6) is 0. The van der Waals surface area contributed by atoms with E-state index in [0.717, 1.165) is 30.9 Å². The Morgan fingerprint density at radius 3 is 2.94 bits per heavy atom. The highest BCUT2D eigenvalue weighted by Crippen LogP contribution is 2.27. The number of hydrogen-bond acceptors (Lipinski definition) is 5. The molecule has 0 aliphatic carbocycles. The Balaban J connectivity index is 2.36. The molecular formula is C11H16ClN5S. The van der Waals surface area contributed by atoms with Gasteiger partial charge < -0.3 is 5.32 Å². The van der Waals surface area contributed by atoms with Crippen molar-refractivity contribution in [2.45, 2.75) is 32.9 Å². The lowest BCUT2D eigenvalue weighted by Gasteiger charge is -2.17. The summed E-state index contributed by atoms with van der Waals surface area (Å²) in [4.78, 5) is 0. The second-order valence-electron chi connectivity index (χ2n) is 3.91. The molecule has 0 saturated heterocycles. The predicted molar refractivity (Wildman–Crippen MR) is 73.0 cm³/mol. The van der Waals surface area contributed by atoms with Gasteiger partial charge in [0.1, 0.15) is 0 Å². The largest absolute Gasteiger partial charge is 0.304 e. The van der Waals surface area contributed by atoms with Gasteiger partial charge in [-0.2, -0.15) is 5.10 Å². The maximum atomic E-state index is 6.25.